The summed E-state index contributed by atoms with van der Waals surface area (Å²) in [6.45, 7) is 7.87. The Morgan fingerprint density at radius 1 is 1.40 bits per heavy atom. The van der Waals surface area contributed by atoms with Gasteiger partial charge in [-0.05, 0) is 38.6 Å². The molecule has 15 heavy (non-hydrogen) atoms. The van der Waals surface area contributed by atoms with Crippen LogP contribution in [-0.2, 0) is 9.53 Å². The summed E-state index contributed by atoms with van der Waals surface area (Å²) in [5, 5.41) is 0. The van der Waals surface area contributed by atoms with E-state index in [1.165, 1.54) is 7.11 Å². The third-order valence-electron chi connectivity index (χ3n) is 3.71. The summed E-state index contributed by atoms with van der Waals surface area (Å²) in [4.78, 5) is 14.0. The highest BCUT2D eigenvalue weighted by Gasteiger charge is 2.39. The minimum absolute atomic E-state index is 0.0435. The summed E-state index contributed by atoms with van der Waals surface area (Å²) in [7, 11) is 1.48. The van der Waals surface area contributed by atoms with Gasteiger partial charge in [-0.15, -0.1) is 0 Å². The van der Waals surface area contributed by atoms with Crippen molar-refractivity contribution in [3.63, 3.8) is 0 Å². The first-order valence-electron chi connectivity index (χ1n) is 5.80. The molecule has 0 N–H and O–H groups in total. The molecule has 0 aromatic heterocycles. The maximum atomic E-state index is 11.6. The zero-order valence-electron chi connectivity index (χ0n) is 9.32. The van der Waals surface area contributed by atoms with Crippen LogP contribution in [0.25, 0.3) is 0 Å². The van der Waals surface area contributed by atoms with Gasteiger partial charge in [0.1, 0.15) is 0 Å². The molecule has 84 valence electrons. The van der Waals surface area contributed by atoms with E-state index in [1.54, 1.807) is 0 Å². The molecule has 0 aromatic carbocycles. The largest absolute Gasteiger partial charge is 0.469 e. The van der Waals surface area contributed by atoms with Crippen LogP contribution in [0.1, 0.15) is 25.7 Å². The molecule has 2 radical (unpaired) electrons. The zero-order valence-corrected chi connectivity index (χ0v) is 9.32. The van der Waals surface area contributed by atoms with Crippen molar-refractivity contribution in [1.82, 2.24) is 4.90 Å². The van der Waals surface area contributed by atoms with E-state index in [4.69, 9.17) is 11.7 Å². The molecule has 2 rings (SSSR count). The number of nitrogens with zero attached hydrogens (tertiary/aromatic N) is 1. The monoisotopic (exact) mass is 209 g/mol. The Labute approximate surface area is 91.8 Å². The number of hydrogen-bond donors (Lipinski definition) is 0. The van der Waals surface area contributed by atoms with Crippen LogP contribution in [0, 0.1) is 18.8 Å². The molecule has 2 aliphatic rings. The summed E-state index contributed by atoms with van der Waals surface area (Å²) < 4.78 is 4.85. The second-order valence-electron chi connectivity index (χ2n) is 4.67. The molecule has 0 bridgehead atoms. The molecule has 1 aliphatic carbocycles. The molecular formula is C12H19NO2. The van der Waals surface area contributed by atoms with Gasteiger partial charge in [-0.1, -0.05) is 6.42 Å². The van der Waals surface area contributed by atoms with E-state index in [0.717, 1.165) is 38.8 Å². The number of rotatable bonds is 2. The maximum absolute atomic E-state index is 11.6. The number of esters is 1. The van der Waals surface area contributed by atoms with Gasteiger partial charge in [-0.25, -0.2) is 0 Å². The van der Waals surface area contributed by atoms with Crippen LogP contribution in [0.4, 0.5) is 0 Å². The molecule has 1 saturated heterocycles. The smallest absolute Gasteiger partial charge is 0.310 e. The summed E-state index contributed by atoms with van der Waals surface area (Å²) in [6, 6.07) is 0.381. The molecule has 0 aromatic rings. The quantitative estimate of drug-likeness (QED) is 0.643. The van der Waals surface area contributed by atoms with Crippen LogP contribution in [0.5, 0.6) is 0 Å². The van der Waals surface area contributed by atoms with E-state index in [9.17, 15) is 4.79 Å². The summed E-state index contributed by atoms with van der Waals surface area (Å²) in [5.74, 6) is 0.335. The maximum Gasteiger partial charge on any atom is 0.310 e. The number of likely N-dealkylation sites (tertiary alicyclic amines) is 1. The van der Waals surface area contributed by atoms with Gasteiger partial charge in [0.15, 0.2) is 0 Å². The molecule has 3 nitrogen and oxygen atoms in total. The number of ether oxygens (including phenoxy) is 1. The minimum atomic E-state index is -0.0435. The standard InChI is InChI=1S/C12H19NO2/c1-9-6-7-13(8-9)11-5-3-4-10(11)12(14)15-2/h1,9-11H,3-8H2,2H3. The van der Waals surface area contributed by atoms with Crippen LogP contribution in [-0.4, -0.2) is 37.1 Å². The Kier molecular flexibility index (Phi) is 3.29. The van der Waals surface area contributed by atoms with Gasteiger partial charge in [0.05, 0.1) is 13.0 Å². The van der Waals surface area contributed by atoms with E-state index in [2.05, 4.69) is 4.90 Å². The summed E-state index contributed by atoms with van der Waals surface area (Å²) in [6.07, 6.45) is 4.29. The van der Waals surface area contributed by atoms with Crippen molar-refractivity contribution in [3.8, 4) is 0 Å². The highest BCUT2D eigenvalue weighted by atomic mass is 16.5. The second-order valence-corrected chi connectivity index (χ2v) is 4.67. The molecule has 0 spiro atoms. The van der Waals surface area contributed by atoms with Crippen molar-refractivity contribution < 1.29 is 9.53 Å². The van der Waals surface area contributed by atoms with E-state index in [-0.39, 0.29) is 11.9 Å². The second kappa shape index (κ2) is 4.52. The first-order valence-corrected chi connectivity index (χ1v) is 5.80. The molecule has 0 amide bonds. The van der Waals surface area contributed by atoms with Gasteiger partial charge in [0.2, 0.25) is 0 Å². The van der Waals surface area contributed by atoms with Crippen molar-refractivity contribution in [1.29, 1.82) is 0 Å². The lowest BCUT2D eigenvalue weighted by molar-refractivity contribution is -0.147. The van der Waals surface area contributed by atoms with Gasteiger partial charge in [0, 0.05) is 12.6 Å². The number of carbonyl (C=O) groups excluding carboxylic acids is 1. The van der Waals surface area contributed by atoms with Gasteiger partial charge >= 0.3 is 5.97 Å². The predicted octanol–water partition coefficient (Wildman–Crippen LogP) is 1.36. The van der Waals surface area contributed by atoms with Crippen LogP contribution in [0.2, 0.25) is 0 Å². The van der Waals surface area contributed by atoms with Crippen LogP contribution in [0.3, 0.4) is 0 Å². The Morgan fingerprint density at radius 2 is 2.20 bits per heavy atom. The van der Waals surface area contributed by atoms with Crippen LogP contribution in [0.15, 0.2) is 0 Å². The molecular weight excluding hydrogens is 190 g/mol. The Morgan fingerprint density at radius 3 is 2.80 bits per heavy atom. The first-order chi connectivity index (χ1) is 7.22. The van der Waals surface area contributed by atoms with Gasteiger partial charge in [-0.2, -0.15) is 0 Å². The third-order valence-corrected chi connectivity index (χ3v) is 3.71. The van der Waals surface area contributed by atoms with Crippen molar-refractivity contribution in [2.45, 2.75) is 31.7 Å². The normalized spacial score (nSPS) is 37.1. The van der Waals surface area contributed by atoms with E-state index < -0.39 is 0 Å². The zero-order chi connectivity index (χ0) is 10.8. The average molecular weight is 209 g/mol. The molecule has 2 fully saturated rings. The Bertz CT molecular complexity index is 242. The molecule has 1 heterocycles. The fraction of sp³-hybridized carbons (Fsp3) is 0.833. The number of methoxy groups -OCH3 is 1. The highest BCUT2D eigenvalue weighted by molar-refractivity contribution is 5.73. The third kappa shape index (κ3) is 2.17. The van der Waals surface area contributed by atoms with E-state index in [1.807, 2.05) is 0 Å². The molecule has 1 saturated carbocycles. The number of carbonyl (C=O) groups is 1. The average Bonchev–Trinajstić information content (AvgIpc) is 2.84. The Hall–Kier alpha value is -0.570. The van der Waals surface area contributed by atoms with E-state index in [0.29, 0.717) is 12.0 Å². The van der Waals surface area contributed by atoms with Crippen molar-refractivity contribution >= 4 is 5.97 Å². The highest BCUT2D eigenvalue weighted by Crippen LogP contribution is 2.33. The molecule has 3 heteroatoms. The van der Waals surface area contributed by atoms with E-state index >= 15 is 0 Å². The van der Waals surface area contributed by atoms with Crippen molar-refractivity contribution in [2.75, 3.05) is 20.2 Å². The van der Waals surface area contributed by atoms with Crippen molar-refractivity contribution in [2.24, 2.45) is 11.8 Å². The van der Waals surface area contributed by atoms with Gasteiger partial charge in [0.25, 0.3) is 0 Å². The van der Waals surface area contributed by atoms with Gasteiger partial charge < -0.3 is 4.74 Å². The number of hydrogen-bond acceptors (Lipinski definition) is 3. The summed E-state index contributed by atoms with van der Waals surface area (Å²) >= 11 is 0. The fourth-order valence-corrected chi connectivity index (χ4v) is 2.92. The predicted molar refractivity (Wildman–Crippen MR) is 57.1 cm³/mol. The lowest BCUT2D eigenvalue weighted by Gasteiger charge is -2.27. The topological polar surface area (TPSA) is 29.5 Å². The molecule has 3 atom stereocenters. The minimum Gasteiger partial charge on any atom is -0.469 e. The Balaban J connectivity index is 1.98. The van der Waals surface area contributed by atoms with Crippen molar-refractivity contribution in [3.05, 3.63) is 6.92 Å². The SMILES string of the molecule is [CH]C1CCN(C2CCCC2C(=O)OC)C1. The lowest BCUT2D eigenvalue weighted by Crippen LogP contribution is -2.39. The van der Waals surface area contributed by atoms with Gasteiger partial charge in [-0.3, -0.25) is 9.69 Å². The molecule has 1 aliphatic heterocycles. The molecule has 3 unspecified atom stereocenters. The van der Waals surface area contributed by atoms with Crippen LogP contribution < -0.4 is 0 Å². The summed E-state index contributed by atoms with van der Waals surface area (Å²) in [5.41, 5.74) is 0. The lowest BCUT2D eigenvalue weighted by atomic mass is 10.0. The van der Waals surface area contributed by atoms with Crippen LogP contribution >= 0.6 is 0 Å². The fourth-order valence-electron chi connectivity index (χ4n) is 2.92. The first kappa shape index (κ1) is 10.9.